The molecule has 2 N–H and O–H groups in total. The molecule has 1 aliphatic rings. The van der Waals surface area contributed by atoms with Crippen molar-refractivity contribution in [3.05, 3.63) is 12.2 Å². The second-order valence-corrected chi connectivity index (χ2v) is 3.68. The summed E-state index contributed by atoms with van der Waals surface area (Å²) in [7, 11) is 0. The van der Waals surface area contributed by atoms with Crippen LogP contribution < -0.4 is 5.32 Å². The summed E-state index contributed by atoms with van der Waals surface area (Å²) in [5.74, 6) is -1.06. The van der Waals surface area contributed by atoms with Crippen LogP contribution in [0.15, 0.2) is 12.2 Å². The Morgan fingerprint density at radius 3 is 2.71 bits per heavy atom. The van der Waals surface area contributed by atoms with E-state index in [1.807, 2.05) is 6.08 Å². The van der Waals surface area contributed by atoms with Crippen LogP contribution in [-0.4, -0.2) is 23.5 Å². The molecule has 0 aromatic heterocycles. The molecular formula is C10H15NO3. The number of nitrogens with one attached hydrogen (secondary N) is 1. The first kappa shape index (κ1) is 10.8. The molecule has 78 valence electrons. The number of carbonyl (C=O) groups excluding carboxylic acids is 1. The summed E-state index contributed by atoms with van der Waals surface area (Å²) < 4.78 is 0. The Morgan fingerprint density at radius 2 is 2.21 bits per heavy atom. The van der Waals surface area contributed by atoms with Crippen molar-refractivity contribution in [1.29, 1.82) is 0 Å². The summed E-state index contributed by atoms with van der Waals surface area (Å²) in [4.78, 5) is 21.5. The number of carboxylic acid groups (broad SMARTS) is 1. The lowest BCUT2D eigenvalue weighted by Gasteiger charge is -2.05. The third kappa shape index (κ3) is 4.07. The molecule has 1 amide bonds. The number of hydrogen-bond donors (Lipinski definition) is 2. The predicted molar refractivity (Wildman–Crippen MR) is 51.7 cm³/mol. The minimum Gasteiger partial charge on any atom is -0.481 e. The van der Waals surface area contributed by atoms with Crippen LogP contribution in [0.1, 0.15) is 19.8 Å². The van der Waals surface area contributed by atoms with Gasteiger partial charge in [0.25, 0.3) is 0 Å². The highest BCUT2D eigenvalue weighted by Gasteiger charge is 2.17. The zero-order valence-electron chi connectivity index (χ0n) is 8.19. The monoisotopic (exact) mass is 197 g/mol. The minimum atomic E-state index is -0.892. The Labute approximate surface area is 83.0 Å². The van der Waals surface area contributed by atoms with E-state index in [4.69, 9.17) is 5.11 Å². The molecule has 0 heterocycles. The molecule has 4 heteroatoms. The van der Waals surface area contributed by atoms with E-state index in [9.17, 15) is 9.59 Å². The van der Waals surface area contributed by atoms with Gasteiger partial charge in [-0.1, -0.05) is 13.0 Å². The maximum absolute atomic E-state index is 11.1. The van der Waals surface area contributed by atoms with E-state index < -0.39 is 11.9 Å². The van der Waals surface area contributed by atoms with Crippen LogP contribution in [0.25, 0.3) is 0 Å². The Kier molecular flexibility index (Phi) is 3.68. The lowest BCUT2D eigenvalue weighted by atomic mass is 10.2. The highest BCUT2D eigenvalue weighted by Crippen LogP contribution is 2.29. The van der Waals surface area contributed by atoms with Gasteiger partial charge < -0.3 is 10.4 Å². The molecule has 4 nitrogen and oxygen atoms in total. The zero-order valence-corrected chi connectivity index (χ0v) is 8.19. The summed E-state index contributed by atoms with van der Waals surface area (Å²) in [6, 6.07) is 0. The van der Waals surface area contributed by atoms with Crippen LogP contribution in [0.4, 0.5) is 0 Å². The van der Waals surface area contributed by atoms with Gasteiger partial charge in [-0.05, 0) is 24.8 Å². The summed E-state index contributed by atoms with van der Waals surface area (Å²) >= 11 is 0. The number of amides is 1. The van der Waals surface area contributed by atoms with Gasteiger partial charge in [-0.25, -0.2) is 0 Å². The van der Waals surface area contributed by atoms with Crippen molar-refractivity contribution in [2.45, 2.75) is 19.8 Å². The second-order valence-electron chi connectivity index (χ2n) is 3.68. The molecule has 0 aromatic carbocycles. The van der Waals surface area contributed by atoms with Gasteiger partial charge in [0.15, 0.2) is 0 Å². The predicted octanol–water partition coefficient (Wildman–Crippen LogP) is 0.790. The summed E-state index contributed by atoms with van der Waals surface area (Å²) in [6.07, 6.45) is 5.69. The van der Waals surface area contributed by atoms with Gasteiger partial charge in [0.05, 0.1) is 5.92 Å². The normalized spacial score (nSPS) is 18.1. The molecule has 1 rings (SSSR count). The Hall–Kier alpha value is -1.32. The van der Waals surface area contributed by atoms with E-state index in [0.29, 0.717) is 5.92 Å². The number of allylic oxidation sites excluding steroid dienone is 1. The number of aliphatic carboxylic acids is 1. The molecule has 1 aliphatic carbocycles. The average molecular weight is 197 g/mol. The molecule has 0 saturated heterocycles. The van der Waals surface area contributed by atoms with Crippen molar-refractivity contribution in [3.63, 3.8) is 0 Å². The van der Waals surface area contributed by atoms with Crippen LogP contribution in [0.3, 0.4) is 0 Å². The van der Waals surface area contributed by atoms with E-state index >= 15 is 0 Å². The molecule has 0 bridgehead atoms. The molecule has 14 heavy (non-hydrogen) atoms. The van der Waals surface area contributed by atoms with Crippen molar-refractivity contribution < 1.29 is 14.7 Å². The van der Waals surface area contributed by atoms with Crippen LogP contribution in [0, 0.1) is 11.8 Å². The first-order valence-electron chi connectivity index (χ1n) is 4.78. The molecule has 1 fully saturated rings. The van der Waals surface area contributed by atoms with Crippen molar-refractivity contribution in [1.82, 2.24) is 5.32 Å². The lowest BCUT2D eigenvalue weighted by Crippen LogP contribution is -2.30. The Morgan fingerprint density at radius 1 is 1.57 bits per heavy atom. The Bertz CT molecular complexity index is 256. The van der Waals surface area contributed by atoms with Crippen molar-refractivity contribution >= 4 is 11.9 Å². The smallest absolute Gasteiger partial charge is 0.308 e. The summed E-state index contributed by atoms with van der Waals surface area (Å²) in [5.41, 5.74) is 0. The third-order valence-corrected chi connectivity index (χ3v) is 2.15. The highest BCUT2D eigenvalue weighted by atomic mass is 16.4. The van der Waals surface area contributed by atoms with Gasteiger partial charge in [0, 0.05) is 6.54 Å². The van der Waals surface area contributed by atoms with Crippen LogP contribution in [0.5, 0.6) is 0 Å². The largest absolute Gasteiger partial charge is 0.481 e. The number of carboxylic acids is 1. The van der Waals surface area contributed by atoms with Gasteiger partial charge in [-0.15, -0.1) is 0 Å². The zero-order chi connectivity index (χ0) is 10.6. The highest BCUT2D eigenvalue weighted by molar-refractivity contribution is 5.87. The molecule has 0 aromatic rings. The van der Waals surface area contributed by atoms with Crippen molar-refractivity contribution in [2.24, 2.45) is 11.8 Å². The Balaban J connectivity index is 2.16. The van der Waals surface area contributed by atoms with Gasteiger partial charge in [0.1, 0.15) is 0 Å². The molecule has 1 atom stereocenters. The molecular weight excluding hydrogens is 182 g/mol. The number of hydrogen-bond acceptors (Lipinski definition) is 2. The van der Waals surface area contributed by atoms with E-state index in [-0.39, 0.29) is 12.5 Å². The lowest BCUT2D eigenvalue weighted by molar-refractivity contribution is -0.141. The summed E-state index contributed by atoms with van der Waals surface area (Å²) in [5, 5.41) is 11.1. The second kappa shape index (κ2) is 4.79. The van der Waals surface area contributed by atoms with Gasteiger partial charge in [-0.3, -0.25) is 9.59 Å². The van der Waals surface area contributed by atoms with E-state index in [1.165, 1.54) is 6.08 Å². The maximum atomic E-state index is 11.1. The average Bonchev–Trinajstić information content (AvgIpc) is 2.94. The molecule has 1 unspecified atom stereocenters. The van der Waals surface area contributed by atoms with Gasteiger partial charge in [-0.2, -0.15) is 0 Å². The number of rotatable bonds is 5. The summed E-state index contributed by atoms with van der Waals surface area (Å²) in [6.45, 7) is 1.75. The molecule has 1 saturated carbocycles. The van der Waals surface area contributed by atoms with Crippen molar-refractivity contribution in [3.8, 4) is 0 Å². The van der Waals surface area contributed by atoms with E-state index in [2.05, 4.69) is 5.32 Å². The topological polar surface area (TPSA) is 66.4 Å². The third-order valence-electron chi connectivity index (χ3n) is 2.15. The van der Waals surface area contributed by atoms with Crippen LogP contribution >= 0.6 is 0 Å². The first-order chi connectivity index (χ1) is 6.59. The van der Waals surface area contributed by atoms with E-state index in [0.717, 1.165) is 12.8 Å². The van der Waals surface area contributed by atoms with Crippen LogP contribution in [-0.2, 0) is 9.59 Å². The molecule has 0 spiro atoms. The maximum Gasteiger partial charge on any atom is 0.308 e. The fraction of sp³-hybridized carbons (Fsp3) is 0.600. The minimum absolute atomic E-state index is 0.184. The molecule has 0 aliphatic heterocycles. The van der Waals surface area contributed by atoms with Crippen molar-refractivity contribution in [2.75, 3.05) is 6.54 Å². The standard InChI is InChI=1S/C10H15NO3/c1-7(10(13)14)6-11-9(12)5-4-8-2-3-8/h4-5,7-8H,2-3,6H2,1H3,(H,11,12)(H,13,14)/b5-4+. The first-order valence-corrected chi connectivity index (χ1v) is 4.78. The quantitative estimate of drug-likeness (QED) is 0.640. The molecule has 0 radical (unpaired) electrons. The fourth-order valence-electron chi connectivity index (χ4n) is 0.912. The SMILES string of the molecule is CC(CNC(=O)/C=C/C1CC1)C(=O)O. The fourth-order valence-corrected chi connectivity index (χ4v) is 0.912. The number of carbonyl (C=O) groups is 2. The van der Waals surface area contributed by atoms with E-state index in [1.54, 1.807) is 6.92 Å². The van der Waals surface area contributed by atoms with Gasteiger partial charge in [0.2, 0.25) is 5.91 Å². The van der Waals surface area contributed by atoms with Gasteiger partial charge >= 0.3 is 5.97 Å². The van der Waals surface area contributed by atoms with Crippen LogP contribution in [0.2, 0.25) is 0 Å².